The van der Waals surface area contributed by atoms with Gasteiger partial charge < -0.3 is 5.32 Å². The minimum absolute atomic E-state index is 0.0438. The van der Waals surface area contributed by atoms with Crippen molar-refractivity contribution in [2.75, 3.05) is 12.3 Å². The van der Waals surface area contributed by atoms with Gasteiger partial charge in [-0.2, -0.15) is 17.0 Å². The van der Waals surface area contributed by atoms with Crippen LogP contribution in [-0.2, 0) is 5.75 Å². The lowest BCUT2D eigenvalue weighted by Crippen LogP contribution is -2.26. The first-order chi connectivity index (χ1) is 12.0. The zero-order valence-electron chi connectivity index (χ0n) is 13.1. The number of hydrogen-bond acceptors (Lipinski definition) is 5. The minimum atomic E-state index is -0.566. The average molecular weight is 376 g/mol. The van der Waals surface area contributed by atoms with Crippen LogP contribution in [0.4, 0.5) is 5.69 Å². The Bertz CT molecular complexity index is 836. The van der Waals surface area contributed by atoms with Crippen LogP contribution < -0.4 is 5.32 Å². The number of benzene rings is 2. The molecule has 2 aromatic rings. The number of nitrogens with one attached hydrogen (secondary N) is 1. The van der Waals surface area contributed by atoms with Crippen LogP contribution in [0, 0.1) is 21.4 Å². The van der Waals surface area contributed by atoms with Gasteiger partial charge in [0.1, 0.15) is 0 Å². The van der Waals surface area contributed by atoms with Crippen molar-refractivity contribution < 1.29 is 9.72 Å². The lowest BCUT2D eigenvalue weighted by molar-refractivity contribution is -0.384. The van der Waals surface area contributed by atoms with Gasteiger partial charge in [-0.05, 0) is 17.7 Å². The normalized spacial score (nSPS) is 10.1. The largest absolute Gasteiger partial charge is 0.351 e. The molecule has 0 aromatic heterocycles. The molecule has 128 valence electrons. The van der Waals surface area contributed by atoms with Crippen molar-refractivity contribution in [2.24, 2.45) is 0 Å². The first-order valence-electron chi connectivity index (χ1n) is 7.31. The fourth-order valence-electron chi connectivity index (χ4n) is 2.07. The number of nitriles is 1. The van der Waals surface area contributed by atoms with Crippen molar-refractivity contribution in [3.05, 3.63) is 74.3 Å². The van der Waals surface area contributed by atoms with E-state index in [0.717, 1.165) is 11.6 Å². The first kappa shape index (κ1) is 18.8. The summed E-state index contributed by atoms with van der Waals surface area (Å²) in [6, 6.07) is 13.3. The zero-order valence-corrected chi connectivity index (χ0v) is 14.6. The van der Waals surface area contributed by atoms with Crippen LogP contribution >= 0.6 is 23.4 Å². The third-order valence-electron chi connectivity index (χ3n) is 3.34. The third-order valence-corrected chi connectivity index (χ3v) is 4.66. The molecule has 0 unspecified atom stereocenters. The number of nitro benzene ring substituents is 1. The van der Waals surface area contributed by atoms with Crippen molar-refractivity contribution >= 4 is 35.0 Å². The van der Waals surface area contributed by atoms with Crippen LogP contribution in [0.1, 0.15) is 21.5 Å². The summed E-state index contributed by atoms with van der Waals surface area (Å²) in [4.78, 5) is 22.2. The molecule has 0 saturated heterocycles. The Labute approximate surface area is 153 Å². The van der Waals surface area contributed by atoms with E-state index in [4.69, 9.17) is 16.9 Å². The molecule has 8 heteroatoms. The van der Waals surface area contributed by atoms with E-state index < -0.39 is 4.92 Å². The molecule has 0 aliphatic rings. The highest BCUT2D eigenvalue weighted by atomic mass is 35.5. The predicted molar refractivity (Wildman–Crippen MR) is 97.8 cm³/mol. The van der Waals surface area contributed by atoms with Crippen molar-refractivity contribution in [1.29, 1.82) is 5.26 Å². The van der Waals surface area contributed by atoms with Crippen LogP contribution in [0.15, 0.2) is 42.5 Å². The number of amides is 1. The Morgan fingerprint density at radius 3 is 2.76 bits per heavy atom. The van der Waals surface area contributed by atoms with Gasteiger partial charge >= 0.3 is 0 Å². The summed E-state index contributed by atoms with van der Waals surface area (Å²) >= 11 is 7.52. The highest BCUT2D eigenvalue weighted by molar-refractivity contribution is 7.98. The summed E-state index contributed by atoms with van der Waals surface area (Å²) < 4.78 is 0. The fraction of sp³-hybridized carbons (Fsp3) is 0.176. The number of rotatable bonds is 7. The Hall–Kier alpha value is -2.56. The second kappa shape index (κ2) is 9.06. The van der Waals surface area contributed by atoms with Gasteiger partial charge in [0.2, 0.25) is 0 Å². The van der Waals surface area contributed by atoms with Crippen molar-refractivity contribution in [2.45, 2.75) is 5.75 Å². The van der Waals surface area contributed by atoms with Crippen LogP contribution in [0.5, 0.6) is 0 Å². The minimum Gasteiger partial charge on any atom is -0.351 e. The summed E-state index contributed by atoms with van der Waals surface area (Å²) in [7, 11) is 0. The molecule has 0 spiro atoms. The van der Waals surface area contributed by atoms with Gasteiger partial charge in [0.15, 0.2) is 0 Å². The molecule has 0 heterocycles. The molecule has 0 fully saturated rings. The second-order valence-electron chi connectivity index (χ2n) is 5.00. The maximum absolute atomic E-state index is 12.1. The predicted octanol–water partition coefficient (Wildman–Crippen LogP) is 3.78. The summed E-state index contributed by atoms with van der Waals surface area (Å²) in [6.45, 7) is 0.422. The number of carbonyl (C=O) groups excluding carboxylic acids is 1. The van der Waals surface area contributed by atoms with Gasteiger partial charge in [-0.3, -0.25) is 14.9 Å². The van der Waals surface area contributed by atoms with Gasteiger partial charge in [-0.15, -0.1) is 0 Å². The van der Waals surface area contributed by atoms with E-state index in [2.05, 4.69) is 11.4 Å². The van der Waals surface area contributed by atoms with Gasteiger partial charge in [0, 0.05) is 30.2 Å². The molecule has 0 bridgehead atoms. The highest BCUT2D eigenvalue weighted by Gasteiger charge is 2.14. The standard InChI is InChI=1S/C17H14ClN3O3S/c18-16-9-14(21(23)24)5-6-15(16)17(22)20-7-8-25-11-13-4-2-1-3-12(13)10-19/h1-6,9H,7-8,11H2,(H,20,22). The van der Waals surface area contributed by atoms with E-state index >= 15 is 0 Å². The third kappa shape index (κ3) is 5.21. The van der Waals surface area contributed by atoms with Crippen LogP contribution in [0.25, 0.3) is 0 Å². The van der Waals surface area contributed by atoms with Gasteiger partial charge in [0.05, 0.1) is 27.1 Å². The Morgan fingerprint density at radius 2 is 2.08 bits per heavy atom. The number of non-ortho nitro benzene ring substituents is 1. The molecular formula is C17H14ClN3O3S. The van der Waals surface area contributed by atoms with Crippen molar-refractivity contribution in [3.8, 4) is 6.07 Å². The molecule has 0 aliphatic carbocycles. The molecule has 6 nitrogen and oxygen atoms in total. The molecule has 1 N–H and O–H groups in total. The first-order valence-corrected chi connectivity index (χ1v) is 8.84. The topological polar surface area (TPSA) is 96.0 Å². The lowest BCUT2D eigenvalue weighted by atomic mass is 10.1. The van der Waals surface area contributed by atoms with Crippen LogP contribution in [0.2, 0.25) is 5.02 Å². The molecule has 0 atom stereocenters. The van der Waals surface area contributed by atoms with E-state index in [9.17, 15) is 14.9 Å². The number of carbonyl (C=O) groups is 1. The number of thioether (sulfide) groups is 1. The average Bonchev–Trinajstić information content (AvgIpc) is 2.61. The van der Waals surface area contributed by atoms with Crippen molar-refractivity contribution in [3.63, 3.8) is 0 Å². The Kier molecular flexibility index (Phi) is 6.81. The van der Waals surface area contributed by atoms with Gasteiger partial charge in [-0.25, -0.2) is 0 Å². The lowest BCUT2D eigenvalue weighted by Gasteiger charge is -2.07. The summed E-state index contributed by atoms with van der Waals surface area (Å²) in [5, 5.41) is 22.5. The monoisotopic (exact) mass is 375 g/mol. The maximum Gasteiger partial charge on any atom is 0.270 e. The molecule has 0 aliphatic heterocycles. The molecule has 0 saturated carbocycles. The van der Waals surface area contributed by atoms with Crippen LogP contribution in [0.3, 0.4) is 0 Å². The van der Waals surface area contributed by atoms with Gasteiger partial charge in [-0.1, -0.05) is 29.8 Å². The van der Waals surface area contributed by atoms with Gasteiger partial charge in [0.25, 0.3) is 11.6 Å². The Balaban J connectivity index is 1.81. The molecular weight excluding hydrogens is 362 g/mol. The quantitative estimate of drug-likeness (QED) is 0.451. The number of nitrogens with zero attached hydrogens (tertiary/aromatic N) is 2. The smallest absolute Gasteiger partial charge is 0.270 e. The van der Waals surface area contributed by atoms with E-state index in [1.54, 1.807) is 17.8 Å². The molecule has 25 heavy (non-hydrogen) atoms. The summed E-state index contributed by atoms with van der Waals surface area (Å²) in [5.74, 6) is 0.964. The number of hydrogen-bond donors (Lipinski definition) is 1. The SMILES string of the molecule is N#Cc1ccccc1CSCCNC(=O)c1ccc([N+](=O)[O-])cc1Cl. The van der Waals surface area contributed by atoms with E-state index in [-0.39, 0.29) is 22.2 Å². The zero-order chi connectivity index (χ0) is 18.2. The summed E-state index contributed by atoms with van der Waals surface area (Å²) in [6.07, 6.45) is 0. The van der Waals surface area contributed by atoms with Crippen molar-refractivity contribution in [1.82, 2.24) is 5.32 Å². The highest BCUT2D eigenvalue weighted by Crippen LogP contribution is 2.22. The number of halogens is 1. The van der Waals surface area contributed by atoms with Crippen LogP contribution in [-0.4, -0.2) is 23.1 Å². The molecule has 1 amide bonds. The number of nitro groups is 1. The molecule has 2 rings (SSSR count). The summed E-state index contributed by atoms with van der Waals surface area (Å²) in [5.41, 5.74) is 1.65. The molecule has 2 aromatic carbocycles. The maximum atomic E-state index is 12.1. The molecule has 0 radical (unpaired) electrons. The fourth-order valence-corrected chi connectivity index (χ4v) is 3.19. The van der Waals surface area contributed by atoms with E-state index in [1.807, 2.05) is 18.2 Å². The Morgan fingerprint density at radius 1 is 1.32 bits per heavy atom. The second-order valence-corrected chi connectivity index (χ2v) is 6.51. The van der Waals surface area contributed by atoms with E-state index in [1.165, 1.54) is 12.1 Å². The van der Waals surface area contributed by atoms with E-state index in [0.29, 0.717) is 23.6 Å².